The molecule has 4 atom stereocenters. The van der Waals surface area contributed by atoms with E-state index in [2.05, 4.69) is 48.9 Å². The highest BCUT2D eigenvalue weighted by Crippen LogP contribution is 2.45. The second kappa shape index (κ2) is 34.7. The van der Waals surface area contributed by atoms with E-state index in [4.69, 9.17) is 39.2 Å². The fourth-order valence-corrected chi connectivity index (χ4v) is 17.4. The number of ketones is 2. The number of sulfonamides is 2. The smallest absolute Gasteiger partial charge is 0.314 e. The molecule has 4 saturated heterocycles. The molecule has 6 aliphatic rings. The molecule has 0 aromatic heterocycles. The van der Waals surface area contributed by atoms with Crippen molar-refractivity contribution in [3.63, 3.8) is 0 Å². The number of halogens is 2. The zero-order valence-corrected chi connectivity index (χ0v) is 57.5. The molecular formula is C70H92Cl2N10O10S2. The molecule has 0 unspecified atom stereocenters. The summed E-state index contributed by atoms with van der Waals surface area (Å²) < 4.78 is 69.8. The maximum Gasteiger partial charge on any atom is 0.314 e. The zero-order valence-electron chi connectivity index (χ0n) is 54.4. The van der Waals surface area contributed by atoms with Crippen LogP contribution in [0, 0.1) is 23.8 Å². The third-order valence-corrected chi connectivity index (χ3v) is 23.4. The van der Waals surface area contributed by atoms with Crippen molar-refractivity contribution in [3.05, 3.63) is 122 Å². The number of carbonyl (C=O) groups excluding carboxylic acids is 4. The fourth-order valence-electron chi connectivity index (χ4n) is 14.0. The number of likely N-dealkylation sites (tertiary alicyclic amines) is 1. The van der Waals surface area contributed by atoms with Crippen LogP contribution in [0.3, 0.4) is 0 Å². The Hall–Kier alpha value is -6.18. The van der Waals surface area contributed by atoms with Gasteiger partial charge in [-0.25, -0.2) is 26.5 Å². The lowest BCUT2D eigenvalue weighted by Crippen LogP contribution is -2.50. The van der Waals surface area contributed by atoms with E-state index in [1.807, 2.05) is 12.1 Å². The Morgan fingerprint density at radius 1 is 0.638 bits per heavy atom. The Bertz CT molecular complexity index is 3560. The van der Waals surface area contributed by atoms with Gasteiger partial charge in [0.25, 0.3) is 0 Å². The number of nitriles is 1. The number of Topliss-reactive ketones (excluding diaryl/α,β-unsaturated/α-hetero) is 2. The van der Waals surface area contributed by atoms with Crippen LogP contribution in [0.5, 0.6) is 11.5 Å². The maximum atomic E-state index is 13.6. The quantitative estimate of drug-likeness (QED) is 0.0321. The Kier molecular flexibility index (Phi) is 26.6. The normalized spacial score (nSPS) is 20.7. The third kappa shape index (κ3) is 19.3. The van der Waals surface area contributed by atoms with Crippen LogP contribution in [0.2, 0.25) is 10.0 Å². The molecule has 4 fully saturated rings. The molecule has 0 spiro atoms. The highest BCUT2D eigenvalue weighted by Gasteiger charge is 2.42. The molecule has 4 aliphatic heterocycles. The molecule has 0 bridgehead atoms. The summed E-state index contributed by atoms with van der Waals surface area (Å²) in [4.78, 5) is 57.0. The second-order valence-electron chi connectivity index (χ2n) is 25.7. The lowest BCUT2D eigenvalue weighted by atomic mass is 9.91. The number of nitrogens with one attached hydrogen (secondary N) is 4. The number of piperazine rings is 1. The van der Waals surface area contributed by atoms with Gasteiger partial charge in [0.1, 0.15) is 35.3 Å². The summed E-state index contributed by atoms with van der Waals surface area (Å²) in [5, 5.41) is 22.6. The van der Waals surface area contributed by atoms with E-state index in [-0.39, 0.29) is 63.8 Å². The summed E-state index contributed by atoms with van der Waals surface area (Å²) in [7, 11) is -7.37. The largest absolute Gasteiger partial charge is 0.484 e. The van der Waals surface area contributed by atoms with Gasteiger partial charge in [-0.2, -0.15) is 13.9 Å². The number of hydrogen-bond acceptors (Lipinski definition) is 14. The van der Waals surface area contributed by atoms with Crippen molar-refractivity contribution in [1.82, 2.24) is 39.7 Å². The van der Waals surface area contributed by atoms with Crippen LogP contribution in [0.4, 0.5) is 10.5 Å². The lowest BCUT2D eigenvalue weighted by Gasteiger charge is -2.36. The third-order valence-electron chi connectivity index (χ3n) is 19.1. The summed E-state index contributed by atoms with van der Waals surface area (Å²) in [6.07, 6.45) is 15.1. The van der Waals surface area contributed by atoms with Crippen molar-refractivity contribution >= 4 is 72.4 Å². The van der Waals surface area contributed by atoms with Crippen molar-refractivity contribution in [2.45, 2.75) is 182 Å². The monoisotopic (exact) mass is 1370 g/mol. The van der Waals surface area contributed by atoms with E-state index in [1.54, 1.807) is 60.7 Å². The Balaban J connectivity index is 0.000000238. The standard InChI is InChI=1S/C43H60ClN5O6S.C27H32ClN5O4S/c1-3-4-7-13-34(50)14-8-5-9-22-46-43(52)47-23-12-15-35(51)28-32-20-26-49(27-21-32)56(53,54)37-18-16-36(17-19-37)55-42-39-29-33(44)30-40(45-2)38(39)31-41(42)48-24-10-6-11-25-48;1-18(34)31-21-6-10-33(11-7-21)38(35,36)23-4-2-22(3-5-23)37-27-25-15-20(28)14-19(17-29)24(25)16-26(27)32-12-8-30-9-13-32/h16-19,29-30,32,41-42H,3-15,20-28,31H2,1H3,(H2,46,47,52);2-5,14-15,21,26-27,30H,6-13,16H2,1H3,(H,31,34)/t41-,42-;26-,27-/m00/s1. The number of nitrogens with zero attached hydrogens (tertiary/aromatic N) is 6. The molecule has 3 amide bonds. The SMILES string of the molecule is CC(=O)NC1CCN(S(=O)(=O)c2ccc(O[C@H]3c4cc(Cl)cc(C#N)c4C[C@@H]3N3CCNCC3)cc2)CC1.[C-]#[N+]c1cc(Cl)cc2c1C[C@H](N1CCCCC1)[C@H]2Oc1ccc(S(=O)(=O)N2CCC(CC(=O)CCCNC(=O)NCCCCCC(=O)CCCCC)CC2)cc1. The van der Waals surface area contributed by atoms with E-state index >= 15 is 0 Å². The minimum absolute atomic E-state index is 0.00250. The molecule has 0 radical (unpaired) electrons. The van der Waals surface area contributed by atoms with Gasteiger partial charge in [-0.15, -0.1) is 0 Å². The van der Waals surface area contributed by atoms with Crippen LogP contribution in [0.1, 0.15) is 169 Å². The minimum atomic E-state index is -3.72. The maximum absolute atomic E-state index is 13.6. The molecule has 0 saturated carbocycles. The van der Waals surface area contributed by atoms with Gasteiger partial charge in [0.2, 0.25) is 26.0 Å². The molecule has 4 N–H and O–H groups in total. The number of hydrogen-bond donors (Lipinski definition) is 4. The molecule has 20 nitrogen and oxygen atoms in total. The van der Waals surface area contributed by atoms with Gasteiger partial charge in [-0.3, -0.25) is 24.2 Å². The summed E-state index contributed by atoms with van der Waals surface area (Å²) in [5.74, 6) is 1.62. The number of fused-ring (bicyclic) bond motifs is 2. The number of ether oxygens (including phenoxy) is 2. The summed E-state index contributed by atoms with van der Waals surface area (Å²) >= 11 is 12.8. The van der Waals surface area contributed by atoms with Crippen LogP contribution >= 0.6 is 23.2 Å². The van der Waals surface area contributed by atoms with Crippen LogP contribution in [-0.4, -0.2) is 155 Å². The van der Waals surface area contributed by atoms with Crippen molar-refractivity contribution in [2.75, 3.05) is 78.5 Å². The molecule has 94 heavy (non-hydrogen) atoms. The van der Waals surface area contributed by atoms with E-state index in [0.717, 1.165) is 113 Å². The zero-order chi connectivity index (χ0) is 66.8. The van der Waals surface area contributed by atoms with Crippen molar-refractivity contribution in [3.8, 4) is 17.6 Å². The van der Waals surface area contributed by atoms with Gasteiger partial charge < -0.3 is 30.7 Å². The topological polar surface area (TPSA) is 244 Å². The number of unbranched alkanes of at least 4 members (excludes halogenated alkanes) is 4. The van der Waals surface area contributed by atoms with Gasteiger partial charge in [0.15, 0.2) is 5.69 Å². The second-order valence-corrected chi connectivity index (χ2v) is 30.5. The number of rotatable bonds is 27. The molecule has 2 aliphatic carbocycles. The first-order chi connectivity index (χ1) is 45.3. The molecule has 10 rings (SSSR count). The Morgan fingerprint density at radius 3 is 1.70 bits per heavy atom. The van der Waals surface area contributed by atoms with Crippen LogP contribution < -0.4 is 30.7 Å². The summed E-state index contributed by atoms with van der Waals surface area (Å²) in [5.41, 5.74) is 4.92. The summed E-state index contributed by atoms with van der Waals surface area (Å²) in [6, 6.07) is 22.5. The molecule has 4 aromatic carbocycles. The average molecular weight is 1370 g/mol. The van der Waals surface area contributed by atoms with Gasteiger partial charge in [0, 0.05) is 114 Å². The van der Waals surface area contributed by atoms with E-state index < -0.39 is 20.0 Å². The van der Waals surface area contributed by atoms with Crippen molar-refractivity contribution < 1.29 is 45.5 Å². The highest BCUT2D eigenvalue weighted by atomic mass is 35.5. The number of carbonyl (C=O) groups is 4. The Labute approximate surface area is 566 Å². The van der Waals surface area contributed by atoms with Gasteiger partial charge in [-0.05, 0) is 191 Å². The molecular weight excluding hydrogens is 1280 g/mol. The van der Waals surface area contributed by atoms with E-state index in [0.29, 0.717) is 148 Å². The van der Waals surface area contributed by atoms with Crippen molar-refractivity contribution in [1.29, 1.82) is 5.26 Å². The number of piperidine rings is 3. The molecule has 24 heteroatoms. The van der Waals surface area contributed by atoms with E-state index in [9.17, 15) is 41.3 Å². The minimum Gasteiger partial charge on any atom is -0.484 e. The van der Waals surface area contributed by atoms with Gasteiger partial charge in [-0.1, -0.05) is 55.8 Å². The first-order valence-corrected chi connectivity index (χ1v) is 37.5. The average Bonchev–Trinajstić information content (AvgIpc) is 1.59. The predicted molar refractivity (Wildman–Crippen MR) is 363 cm³/mol. The van der Waals surface area contributed by atoms with Gasteiger partial charge in [0.05, 0.1) is 40.1 Å². The van der Waals surface area contributed by atoms with Crippen molar-refractivity contribution in [2.24, 2.45) is 5.92 Å². The molecule has 4 aromatic rings. The molecule has 508 valence electrons. The number of amides is 3. The predicted octanol–water partition coefficient (Wildman–Crippen LogP) is 11.0. The number of urea groups is 1. The highest BCUT2D eigenvalue weighted by molar-refractivity contribution is 7.89. The van der Waals surface area contributed by atoms with E-state index in [1.165, 1.54) is 22.0 Å². The van der Waals surface area contributed by atoms with Gasteiger partial charge >= 0.3 is 6.03 Å². The van der Waals surface area contributed by atoms with Crippen LogP contribution in [-0.2, 0) is 47.3 Å². The van der Waals surface area contributed by atoms with Crippen LogP contribution in [0.25, 0.3) is 4.85 Å². The fraction of sp³-hybridized carbons (Fsp3) is 0.571. The first kappa shape index (κ1) is 72.1. The lowest BCUT2D eigenvalue weighted by molar-refractivity contribution is -0.121. The number of benzene rings is 4. The Morgan fingerprint density at radius 2 is 1.15 bits per heavy atom. The molecule has 4 heterocycles. The summed E-state index contributed by atoms with van der Waals surface area (Å²) in [6.45, 7) is 19.2. The van der Waals surface area contributed by atoms with Crippen LogP contribution in [0.15, 0.2) is 82.6 Å². The first-order valence-electron chi connectivity index (χ1n) is 33.8.